The number of aromatic nitrogens is 5. The van der Waals surface area contributed by atoms with E-state index in [9.17, 15) is 0 Å². The smallest absolute Gasteiger partial charge is 0.258 e. The van der Waals surface area contributed by atoms with E-state index in [1.807, 2.05) is 47.1 Å². The van der Waals surface area contributed by atoms with Crippen molar-refractivity contribution in [3.63, 3.8) is 0 Å². The second kappa shape index (κ2) is 6.86. The van der Waals surface area contributed by atoms with Crippen molar-refractivity contribution in [2.45, 2.75) is 18.9 Å². The molecule has 4 aromatic rings. The first kappa shape index (κ1) is 16.6. The maximum absolute atomic E-state index is 5.48. The molecule has 1 aliphatic heterocycles. The molecular formula is C19H16BrN5O2. The molecule has 0 spiro atoms. The lowest BCUT2D eigenvalue weighted by molar-refractivity contribution is 0.0669. The van der Waals surface area contributed by atoms with Crippen molar-refractivity contribution in [2.24, 2.45) is 0 Å². The molecule has 0 unspecified atom stereocenters. The van der Waals surface area contributed by atoms with Gasteiger partial charge in [-0.25, -0.2) is 4.68 Å². The zero-order chi connectivity index (χ0) is 18.2. The fraction of sp³-hybridized carbons (Fsp3) is 0.263. The molecule has 3 heterocycles. The normalized spacial score (nSPS) is 15.4. The zero-order valence-electron chi connectivity index (χ0n) is 14.4. The minimum Gasteiger partial charge on any atom is -0.381 e. The van der Waals surface area contributed by atoms with Gasteiger partial charge in [-0.1, -0.05) is 38.4 Å². The third-order valence-electron chi connectivity index (χ3n) is 4.80. The van der Waals surface area contributed by atoms with Crippen molar-refractivity contribution in [1.29, 1.82) is 0 Å². The second-order valence-corrected chi connectivity index (χ2v) is 7.34. The molecule has 2 aromatic heterocycles. The van der Waals surface area contributed by atoms with Gasteiger partial charge < -0.3 is 9.26 Å². The van der Waals surface area contributed by atoms with Gasteiger partial charge in [-0.2, -0.15) is 4.98 Å². The molecule has 8 heteroatoms. The van der Waals surface area contributed by atoms with Crippen LogP contribution in [0.15, 0.2) is 51.5 Å². The number of ether oxygens (including phenoxy) is 1. The van der Waals surface area contributed by atoms with Crippen molar-refractivity contribution in [1.82, 2.24) is 25.1 Å². The fourth-order valence-corrected chi connectivity index (χ4v) is 3.83. The summed E-state index contributed by atoms with van der Waals surface area (Å²) in [7, 11) is 0. The number of hydrogen-bond acceptors (Lipinski definition) is 6. The lowest BCUT2D eigenvalue weighted by Crippen LogP contribution is -2.20. The van der Waals surface area contributed by atoms with Crippen LogP contribution < -0.4 is 0 Å². The Balaban J connectivity index is 1.48. The fourth-order valence-electron chi connectivity index (χ4n) is 3.37. The van der Waals surface area contributed by atoms with Crippen molar-refractivity contribution in [3.05, 3.63) is 46.9 Å². The summed E-state index contributed by atoms with van der Waals surface area (Å²) in [5.74, 6) is 1.01. The Hall–Kier alpha value is -2.58. The summed E-state index contributed by atoms with van der Waals surface area (Å²) < 4.78 is 13.8. The number of rotatable bonds is 3. The van der Waals surface area contributed by atoms with Crippen LogP contribution in [0.5, 0.6) is 0 Å². The van der Waals surface area contributed by atoms with Crippen LogP contribution in [0.2, 0.25) is 0 Å². The van der Waals surface area contributed by atoms with Gasteiger partial charge in [-0.15, -0.1) is 5.10 Å². The van der Waals surface area contributed by atoms with E-state index in [0.717, 1.165) is 52.7 Å². The van der Waals surface area contributed by atoms with Gasteiger partial charge in [-0.3, -0.25) is 0 Å². The van der Waals surface area contributed by atoms with Crippen LogP contribution in [-0.2, 0) is 4.74 Å². The van der Waals surface area contributed by atoms with E-state index < -0.39 is 0 Å². The third kappa shape index (κ3) is 3.04. The van der Waals surface area contributed by atoms with E-state index in [4.69, 9.17) is 9.26 Å². The Kier molecular flexibility index (Phi) is 4.21. The molecular weight excluding hydrogens is 410 g/mol. The second-order valence-electron chi connectivity index (χ2n) is 6.48. The summed E-state index contributed by atoms with van der Waals surface area (Å²) in [6.07, 6.45) is 1.92. The molecule has 27 heavy (non-hydrogen) atoms. The maximum atomic E-state index is 5.48. The van der Waals surface area contributed by atoms with Gasteiger partial charge in [0.1, 0.15) is 5.52 Å². The average molecular weight is 426 g/mol. The number of hydrogen-bond donors (Lipinski definition) is 0. The molecule has 1 aliphatic rings. The largest absolute Gasteiger partial charge is 0.381 e. The standard InChI is InChI=1S/C19H16BrN5O2/c20-15-4-2-1-3-14(15)18-21-19(27-23-18)12-5-6-17-16(11-12)22-24-25(17)13-7-9-26-10-8-13/h1-6,11,13H,7-10H2. The van der Waals surface area contributed by atoms with Gasteiger partial charge in [-0.05, 0) is 43.2 Å². The summed E-state index contributed by atoms with van der Waals surface area (Å²) in [4.78, 5) is 4.54. The van der Waals surface area contributed by atoms with E-state index >= 15 is 0 Å². The molecule has 136 valence electrons. The summed E-state index contributed by atoms with van der Waals surface area (Å²) in [5.41, 5.74) is 3.54. The topological polar surface area (TPSA) is 78.9 Å². The van der Waals surface area contributed by atoms with Crippen LogP contribution in [0.4, 0.5) is 0 Å². The Bertz CT molecular complexity index is 1100. The Morgan fingerprint density at radius 3 is 2.78 bits per heavy atom. The first-order chi connectivity index (χ1) is 13.3. The van der Waals surface area contributed by atoms with Gasteiger partial charge in [0.15, 0.2) is 0 Å². The van der Waals surface area contributed by atoms with Crippen LogP contribution in [0.1, 0.15) is 18.9 Å². The molecule has 0 saturated carbocycles. The summed E-state index contributed by atoms with van der Waals surface area (Å²) in [5, 5.41) is 12.8. The molecule has 7 nitrogen and oxygen atoms in total. The molecule has 0 N–H and O–H groups in total. The van der Waals surface area contributed by atoms with Crippen molar-refractivity contribution < 1.29 is 9.26 Å². The van der Waals surface area contributed by atoms with Crippen LogP contribution in [0, 0.1) is 0 Å². The molecule has 5 rings (SSSR count). The predicted octanol–water partition coefficient (Wildman–Crippen LogP) is 4.26. The Labute approximate surface area is 163 Å². The zero-order valence-corrected chi connectivity index (χ0v) is 16.0. The SMILES string of the molecule is Brc1ccccc1-c1noc(-c2ccc3c(c2)nnn3C2CCOCC2)n1. The summed E-state index contributed by atoms with van der Waals surface area (Å²) in [6.45, 7) is 1.54. The molecule has 0 amide bonds. The maximum Gasteiger partial charge on any atom is 0.258 e. The van der Waals surface area contributed by atoms with Gasteiger partial charge >= 0.3 is 0 Å². The summed E-state index contributed by atoms with van der Waals surface area (Å²) in [6, 6.07) is 14.0. The predicted molar refractivity (Wildman–Crippen MR) is 103 cm³/mol. The molecule has 0 atom stereocenters. The van der Waals surface area contributed by atoms with Crippen molar-refractivity contribution in [3.8, 4) is 22.8 Å². The highest BCUT2D eigenvalue weighted by Gasteiger charge is 2.20. The lowest BCUT2D eigenvalue weighted by Gasteiger charge is -2.22. The molecule has 2 aromatic carbocycles. The van der Waals surface area contributed by atoms with Crippen molar-refractivity contribution in [2.75, 3.05) is 13.2 Å². The minimum atomic E-state index is 0.333. The van der Waals surface area contributed by atoms with E-state index in [1.165, 1.54) is 0 Å². The van der Waals surface area contributed by atoms with Crippen LogP contribution in [0.3, 0.4) is 0 Å². The van der Waals surface area contributed by atoms with Gasteiger partial charge in [0.2, 0.25) is 5.82 Å². The Morgan fingerprint density at radius 2 is 1.93 bits per heavy atom. The van der Waals surface area contributed by atoms with Crippen LogP contribution in [-0.4, -0.2) is 38.3 Å². The quantitative estimate of drug-likeness (QED) is 0.487. The Morgan fingerprint density at radius 1 is 1.07 bits per heavy atom. The van der Waals surface area contributed by atoms with Gasteiger partial charge in [0.05, 0.1) is 11.6 Å². The van der Waals surface area contributed by atoms with E-state index in [1.54, 1.807) is 0 Å². The molecule has 0 bridgehead atoms. The van der Waals surface area contributed by atoms with Crippen LogP contribution >= 0.6 is 15.9 Å². The van der Waals surface area contributed by atoms with E-state index in [2.05, 4.69) is 36.4 Å². The van der Waals surface area contributed by atoms with E-state index in [-0.39, 0.29) is 0 Å². The average Bonchev–Trinajstić information content (AvgIpc) is 3.36. The third-order valence-corrected chi connectivity index (χ3v) is 5.49. The monoisotopic (exact) mass is 425 g/mol. The minimum absolute atomic E-state index is 0.333. The van der Waals surface area contributed by atoms with Gasteiger partial charge in [0, 0.05) is 28.8 Å². The summed E-state index contributed by atoms with van der Waals surface area (Å²) >= 11 is 3.52. The molecule has 0 aliphatic carbocycles. The number of halogens is 1. The van der Waals surface area contributed by atoms with Gasteiger partial charge in [0.25, 0.3) is 5.89 Å². The number of nitrogens with zero attached hydrogens (tertiary/aromatic N) is 5. The molecule has 1 saturated heterocycles. The number of fused-ring (bicyclic) bond motifs is 1. The van der Waals surface area contributed by atoms with Crippen molar-refractivity contribution >= 4 is 27.0 Å². The first-order valence-corrected chi connectivity index (χ1v) is 9.60. The number of benzene rings is 2. The van der Waals surface area contributed by atoms with Crippen LogP contribution in [0.25, 0.3) is 33.9 Å². The molecule has 0 radical (unpaired) electrons. The highest BCUT2D eigenvalue weighted by molar-refractivity contribution is 9.10. The highest BCUT2D eigenvalue weighted by atomic mass is 79.9. The first-order valence-electron chi connectivity index (χ1n) is 8.81. The lowest BCUT2D eigenvalue weighted by atomic mass is 10.1. The highest BCUT2D eigenvalue weighted by Crippen LogP contribution is 2.30. The molecule has 1 fully saturated rings. The van der Waals surface area contributed by atoms with E-state index in [0.29, 0.717) is 17.8 Å².